The zero-order valence-corrected chi connectivity index (χ0v) is 17.0. The van der Waals surface area contributed by atoms with Crippen LogP contribution >= 0.6 is 27.5 Å². The first-order chi connectivity index (χ1) is 12.0. The zero-order chi connectivity index (χ0) is 19.5. The summed E-state index contributed by atoms with van der Waals surface area (Å²) in [6.45, 7) is 6.74. The molecule has 1 aromatic carbocycles. The van der Waals surface area contributed by atoms with Crippen molar-refractivity contribution in [2.75, 3.05) is 5.32 Å². The number of benzene rings is 1. The summed E-state index contributed by atoms with van der Waals surface area (Å²) < 4.78 is 11.2. The smallest absolute Gasteiger partial charge is 0.411 e. The molecule has 0 saturated carbocycles. The number of alkyl carbamates (subject to hydrolysis) is 1. The van der Waals surface area contributed by atoms with Crippen LogP contribution in [0.15, 0.2) is 22.7 Å². The number of anilines is 1. The highest BCUT2D eigenvalue weighted by Gasteiger charge is 2.37. The molecule has 7 nitrogen and oxygen atoms in total. The minimum absolute atomic E-state index is 0.385. The molecular formula is C17H19BrClN3O4. The average Bonchev–Trinajstić information content (AvgIpc) is 2.48. The Morgan fingerprint density at radius 3 is 2.77 bits per heavy atom. The van der Waals surface area contributed by atoms with Crippen molar-refractivity contribution in [3.63, 3.8) is 0 Å². The molecule has 1 aliphatic heterocycles. The lowest BCUT2D eigenvalue weighted by atomic mass is 10.2. The SMILES string of the molecule is CC(C)(C)OC(=O)N[C@@]1(C)NC(C(=O)Nc2cc(Br)ccc2Cl)C#CO1. The fourth-order valence-corrected chi connectivity index (χ4v) is 2.55. The Morgan fingerprint density at radius 1 is 1.42 bits per heavy atom. The largest absolute Gasteiger partial charge is 0.444 e. The third kappa shape index (κ3) is 5.80. The fourth-order valence-electron chi connectivity index (χ4n) is 2.02. The molecule has 140 valence electrons. The van der Waals surface area contributed by atoms with E-state index in [-0.39, 0.29) is 0 Å². The molecule has 2 atom stereocenters. The molecule has 1 aliphatic rings. The highest BCUT2D eigenvalue weighted by Crippen LogP contribution is 2.26. The number of hydrogen-bond acceptors (Lipinski definition) is 5. The summed E-state index contributed by atoms with van der Waals surface area (Å²) in [6, 6.07) is 4.15. The van der Waals surface area contributed by atoms with Gasteiger partial charge in [-0.1, -0.05) is 27.5 Å². The van der Waals surface area contributed by atoms with E-state index in [1.807, 2.05) is 0 Å². The number of carbonyl (C=O) groups excluding carboxylic acids is 2. The molecule has 0 spiro atoms. The van der Waals surface area contributed by atoms with Crippen molar-refractivity contribution in [2.24, 2.45) is 0 Å². The first-order valence-electron chi connectivity index (χ1n) is 7.71. The highest BCUT2D eigenvalue weighted by molar-refractivity contribution is 9.10. The minimum atomic E-state index is -1.39. The molecule has 3 N–H and O–H groups in total. The summed E-state index contributed by atoms with van der Waals surface area (Å²) in [5.41, 5.74) is -0.238. The summed E-state index contributed by atoms with van der Waals surface area (Å²) in [4.78, 5) is 24.4. The molecule has 1 unspecified atom stereocenters. The normalized spacial score (nSPS) is 21.7. The molecule has 26 heavy (non-hydrogen) atoms. The number of carbonyl (C=O) groups is 2. The summed E-state index contributed by atoms with van der Waals surface area (Å²) in [7, 11) is 0. The van der Waals surface area contributed by atoms with E-state index in [0.29, 0.717) is 10.7 Å². The first kappa shape index (κ1) is 20.4. The van der Waals surface area contributed by atoms with Crippen molar-refractivity contribution in [3.05, 3.63) is 27.7 Å². The van der Waals surface area contributed by atoms with Crippen LogP contribution in [0.4, 0.5) is 10.5 Å². The van der Waals surface area contributed by atoms with Gasteiger partial charge in [0.25, 0.3) is 11.8 Å². The Labute approximate surface area is 165 Å². The van der Waals surface area contributed by atoms with E-state index in [4.69, 9.17) is 21.1 Å². The quantitative estimate of drug-likeness (QED) is 0.623. The Hall–Kier alpha value is -1.95. The van der Waals surface area contributed by atoms with Crippen LogP contribution in [-0.4, -0.2) is 29.5 Å². The number of ether oxygens (including phenoxy) is 2. The van der Waals surface area contributed by atoms with Gasteiger partial charge in [-0.2, -0.15) is 0 Å². The summed E-state index contributed by atoms with van der Waals surface area (Å²) in [5, 5.41) is 8.41. The molecule has 0 aliphatic carbocycles. The van der Waals surface area contributed by atoms with Gasteiger partial charge in [-0.3, -0.25) is 10.1 Å². The number of halogens is 2. The highest BCUT2D eigenvalue weighted by atomic mass is 79.9. The van der Waals surface area contributed by atoms with E-state index in [9.17, 15) is 9.59 Å². The lowest BCUT2D eigenvalue weighted by Gasteiger charge is -2.34. The second kappa shape index (κ2) is 7.74. The maximum Gasteiger partial charge on any atom is 0.411 e. The van der Waals surface area contributed by atoms with Gasteiger partial charge < -0.3 is 14.8 Å². The fraction of sp³-hybridized carbons (Fsp3) is 0.412. The lowest BCUT2D eigenvalue weighted by Crippen LogP contribution is -2.64. The topological polar surface area (TPSA) is 88.7 Å². The number of amides is 2. The van der Waals surface area contributed by atoms with Gasteiger partial charge in [-0.05, 0) is 44.9 Å². The van der Waals surface area contributed by atoms with E-state index in [1.165, 1.54) is 6.92 Å². The van der Waals surface area contributed by atoms with Crippen LogP contribution in [0.25, 0.3) is 0 Å². The van der Waals surface area contributed by atoms with Crippen LogP contribution in [0, 0.1) is 12.0 Å². The predicted molar refractivity (Wildman–Crippen MR) is 101 cm³/mol. The Morgan fingerprint density at radius 2 is 2.12 bits per heavy atom. The molecule has 1 aromatic rings. The van der Waals surface area contributed by atoms with Gasteiger partial charge in [0.2, 0.25) is 0 Å². The van der Waals surface area contributed by atoms with Gasteiger partial charge in [0.15, 0.2) is 6.04 Å². The maximum absolute atomic E-state index is 12.5. The van der Waals surface area contributed by atoms with Crippen LogP contribution in [0.3, 0.4) is 0 Å². The summed E-state index contributed by atoms with van der Waals surface area (Å²) in [5.74, 6) is 0.769. The number of rotatable bonds is 3. The van der Waals surface area contributed by atoms with Crippen molar-refractivity contribution in [2.45, 2.75) is 45.2 Å². The van der Waals surface area contributed by atoms with E-state index in [0.717, 1.165) is 4.47 Å². The van der Waals surface area contributed by atoms with E-state index in [1.54, 1.807) is 39.0 Å². The van der Waals surface area contributed by atoms with Gasteiger partial charge in [0, 0.05) is 11.4 Å². The van der Waals surface area contributed by atoms with Crippen molar-refractivity contribution < 1.29 is 19.1 Å². The van der Waals surface area contributed by atoms with Crippen molar-refractivity contribution >= 4 is 45.2 Å². The Bertz CT molecular complexity index is 784. The zero-order valence-electron chi connectivity index (χ0n) is 14.7. The van der Waals surface area contributed by atoms with E-state index >= 15 is 0 Å². The minimum Gasteiger partial charge on any atom is -0.444 e. The summed E-state index contributed by atoms with van der Waals surface area (Å²) in [6.07, 6.45) is 1.70. The van der Waals surface area contributed by atoms with Gasteiger partial charge >= 0.3 is 6.09 Å². The molecule has 0 fully saturated rings. The Balaban J connectivity index is 2.04. The van der Waals surface area contributed by atoms with Gasteiger partial charge in [-0.25, -0.2) is 10.1 Å². The van der Waals surface area contributed by atoms with Gasteiger partial charge in [0.1, 0.15) is 11.7 Å². The lowest BCUT2D eigenvalue weighted by molar-refractivity contribution is -0.120. The van der Waals surface area contributed by atoms with Crippen LogP contribution in [0.2, 0.25) is 5.02 Å². The second-order valence-electron chi connectivity index (χ2n) is 6.70. The molecule has 1 heterocycles. The van der Waals surface area contributed by atoms with Crippen LogP contribution in [0.1, 0.15) is 27.7 Å². The Kier molecular flexibility index (Phi) is 6.06. The third-order valence-electron chi connectivity index (χ3n) is 3.07. The molecule has 2 rings (SSSR count). The van der Waals surface area contributed by atoms with Gasteiger partial charge in [0.05, 0.1) is 10.7 Å². The predicted octanol–water partition coefficient (Wildman–Crippen LogP) is 3.19. The van der Waals surface area contributed by atoms with E-state index in [2.05, 4.69) is 43.9 Å². The van der Waals surface area contributed by atoms with E-state index < -0.39 is 29.5 Å². The number of nitrogens with one attached hydrogen (secondary N) is 3. The monoisotopic (exact) mass is 443 g/mol. The number of hydrogen-bond donors (Lipinski definition) is 3. The molecule has 2 amide bonds. The first-order valence-corrected chi connectivity index (χ1v) is 8.88. The molecule has 0 bridgehead atoms. The molecule has 0 saturated heterocycles. The second-order valence-corrected chi connectivity index (χ2v) is 8.02. The van der Waals surface area contributed by atoms with Crippen molar-refractivity contribution in [1.82, 2.24) is 10.6 Å². The standard InChI is InChI=1S/C17H19BrClN3O4/c1-16(2,3)26-15(24)22-17(4)21-12(7-8-25-17)14(23)20-13-9-10(18)5-6-11(13)19/h5-6,9,12,21H,1-4H3,(H,20,23)(H,22,24)/t12?,17-/m1/s1. The van der Waals surface area contributed by atoms with Crippen LogP contribution in [-0.2, 0) is 14.3 Å². The van der Waals surface area contributed by atoms with Crippen LogP contribution in [0.5, 0.6) is 0 Å². The summed E-state index contributed by atoms with van der Waals surface area (Å²) >= 11 is 9.39. The molecule has 9 heteroatoms. The van der Waals surface area contributed by atoms with Gasteiger partial charge in [-0.15, -0.1) is 0 Å². The van der Waals surface area contributed by atoms with Crippen molar-refractivity contribution in [1.29, 1.82) is 0 Å². The molecule has 0 aromatic heterocycles. The van der Waals surface area contributed by atoms with Crippen molar-refractivity contribution in [3.8, 4) is 12.0 Å². The average molecular weight is 445 g/mol. The third-order valence-corrected chi connectivity index (χ3v) is 3.89. The maximum atomic E-state index is 12.5. The van der Waals surface area contributed by atoms with Crippen LogP contribution < -0.4 is 16.0 Å². The molecule has 0 radical (unpaired) electrons. The molecular weight excluding hydrogens is 426 g/mol.